The van der Waals surface area contributed by atoms with Crippen molar-refractivity contribution >= 4 is 17.6 Å². The standard InChI is InChI=1S/C13H17NO5/c1-19-9-6-12(16)14(7-8-15)11-4-2-10(3-5-11)13(17)18/h2-5,15H,6-9H2,1H3,(H,17,18). The molecule has 1 aromatic carbocycles. The van der Waals surface area contributed by atoms with E-state index in [1.54, 1.807) is 12.1 Å². The second-order valence-electron chi connectivity index (χ2n) is 3.86. The predicted molar refractivity (Wildman–Crippen MR) is 69.3 cm³/mol. The van der Waals surface area contributed by atoms with Crippen LogP contribution in [-0.4, -0.2) is 49.0 Å². The molecule has 0 aromatic heterocycles. The number of anilines is 1. The number of methoxy groups -OCH3 is 1. The Morgan fingerprint density at radius 3 is 2.37 bits per heavy atom. The van der Waals surface area contributed by atoms with E-state index in [0.29, 0.717) is 12.3 Å². The number of ether oxygens (including phenoxy) is 1. The maximum absolute atomic E-state index is 11.9. The van der Waals surface area contributed by atoms with Gasteiger partial charge in [-0.2, -0.15) is 0 Å². The lowest BCUT2D eigenvalue weighted by atomic mass is 10.2. The molecule has 0 saturated heterocycles. The van der Waals surface area contributed by atoms with Crippen LogP contribution >= 0.6 is 0 Å². The van der Waals surface area contributed by atoms with Crippen molar-refractivity contribution in [2.75, 3.05) is 31.8 Å². The average molecular weight is 267 g/mol. The number of amides is 1. The number of benzene rings is 1. The number of carboxylic acids is 1. The van der Waals surface area contributed by atoms with Crippen LogP contribution in [0.3, 0.4) is 0 Å². The third-order valence-electron chi connectivity index (χ3n) is 2.57. The van der Waals surface area contributed by atoms with Crippen LogP contribution in [0.4, 0.5) is 5.69 Å². The van der Waals surface area contributed by atoms with Gasteiger partial charge in [-0.25, -0.2) is 4.79 Å². The summed E-state index contributed by atoms with van der Waals surface area (Å²) in [6, 6.07) is 5.94. The SMILES string of the molecule is COCCC(=O)N(CCO)c1ccc(C(=O)O)cc1. The molecule has 0 fully saturated rings. The molecule has 0 aliphatic rings. The largest absolute Gasteiger partial charge is 0.478 e. The number of carboxylic acid groups (broad SMARTS) is 1. The Kier molecular flexibility index (Phi) is 5.98. The van der Waals surface area contributed by atoms with Crippen molar-refractivity contribution in [2.45, 2.75) is 6.42 Å². The lowest BCUT2D eigenvalue weighted by Crippen LogP contribution is -2.34. The summed E-state index contributed by atoms with van der Waals surface area (Å²) in [5.74, 6) is -1.20. The molecule has 0 spiro atoms. The minimum Gasteiger partial charge on any atom is -0.478 e. The Balaban J connectivity index is 2.85. The summed E-state index contributed by atoms with van der Waals surface area (Å²) in [6.45, 7) is 0.294. The number of hydrogen-bond donors (Lipinski definition) is 2. The summed E-state index contributed by atoms with van der Waals surface area (Å²) in [4.78, 5) is 24.1. The third-order valence-corrected chi connectivity index (χ3v) is 2.57. The molecule has 6 heteroatoms. The predicted octanol–water partition coefficient (Wildman–Crippen LogP) is 0.747. The maximum Gasteiger partial charge on any atom is 0.335 e. The minimum absolute atomic E-state index is 0.150. The fourth-order valence-corrected chi connectivity index (χ4v) is 1.61. The number of nitrogens with zero attached hydrogens (tertiary/aromatic N) is 1. The molecule has 1 aromatic rings. The lowest BCUT2D eigenvalue weighted by molar-refractivity contribution is -0.119. The first-order valence-electron chi connectivity index (χ1n) is 5.83. The van der Waals surface area contributed by atoms with Crippen molar-refractivity contribution in [3.63, 3.8) is 0 Å². The monoisotopic (exact) mass is 267 g/mol. The first kappa shape index (κ1) is 15.1. The molecule has 0 aliphatic carbocycles. The highest BCUT2D eigenvalue weighted by atomic mass is 16.5. The molecule has 1 amide bonds. The maximum atomic E-state index is 11.9. The Labute approximate surface area is 111 Å². The van der Waals surface area contributed by atoms with Gasteiger partial charge in [0.15, 0.2) is 0 Å². The highest BCUT2D eigenvalue weighted by molar-refractivity contribution is 5.94. The highest BCUT2D eigenvalue weighted by Crippen LogP contribution is 2.16. The summed E-state index contributed by atoms with van der Waals surface area (Å²) < 4.78 is 4.84. The number of rotatable bonds is 7. The van der Waals surface area contributed by atoms with Crippen LogP contribution in [0.1, 0.15) is 16.8 Å². The Bertz CT molecular complexity index is 429. The fraction of sp³-hybridized carbons (Fsp3) is 0.385. The van der Waals surface area contributed by atoms with Crippen LogP contribution in [0.2, 0.25) is 0 Å². The van der Waals surface area contributed by atoms with E-state index in [2.05, 4.69) is 0 Å². The van der Waals surface area contributed by atoms with E-state index in [1.165, 1.54) is 24.1 Å². The van der Waals surface area contributed by atoms with Gasteiger partial charge in [-0.1, -0.05) is 0 Å². The number of hydrogen-bond acceptors (Lipinski definition) is 4. The summed E-state index contributed by atoms with van der Waals surface area (Å²) in [5.41, 5.74) is 0.706. The van der Waals surface area contributed by atoms with Gasteiger partial charge >= 0.3 is 5.97 Å². The Hall–Kier alpha value is -1.92. The van der Waals surface area contributed by atoms with Gasteiger partial charge in [0, 0.05) is 19.3 Å². The molecule has 0 radical (unpaired) electrons. The molecule has 0 aliphatic heterocycles. The van der Waals surface area contributed by atoms with Gasteiger partial charge in [0.1, 0.15) is 0 Å². The first-order valence-corrected chi connectivity index (χ1v) is 5.83. The molecule has 104 valence electrons. The van der Waals surface area contributed by atoms with Crippen LogP contribution in [0.5, 0.6) is 0 Å². The second kappa shape index (κ2) is 7.50. The Morgan fingerprint density at radius 1 is 1.26 bits per heavy atom. The molecule has 1 rings (SSSR count). The van der Waals surface area contributed by atoms with Crippen molar-refractivity contribution in [3.05, 3.63) is 29.8 Å². The summed E-state index contributed by atoms with van der Waals surface area (Å²) in [5, 5.41) is 17.8. The quantitative estimate of drug-likeness (QED) is 0.761. The molecule has 19 heavy (non-hydrogen) atoms. The zero-order valence-corrected chi connectivity index (χ0v) is 10.7. The zero-order valence-electron chi connectivity index (χ0n) is 10.7. The molecule has 2 N–H and O–H groups in total. The van der Waals surface area contributed by atoms with E-state index >= 15 is 0 Å². The van der Waals surface area contributed by atoms with E-state index in [0.717, 1.165) is 0 Å². The van der Waals surface area contributed by atoms with Crippen LogP contribution in [0.25, 0.3) is 0 Å². The number of aliphatic hydroxyl groups excluding tert-OH is 1. The minimum atomic E-state index is -1.02. The lowest BCUT2D eigenvalue weighted by Gasteiger charge is -2.22. The Morgan fingerprint density at radius 2 is 1.89 bits per heavy atom. The summed E-state index contributed by atoms with van der Waals surface area (Å²) in [7, 11) is 1.51. The van der Waals surface area contributed by atoms with Crippen LogP contribution in [-0.2, 0) is 9.53 Å². The van der Waals surface area contributed by atoms with Crippen LogP contribution in [0.15, 0.2) is 24.3 Å². The van der Waals surface area contributed by atoms with Crippen molar-refractivity contribution in [1.29, 1.82) is 0 Å². The van der Waals surface area contributed by atoms with E-state index in [4.69, 9.17) is 14.9 Å². The second-order valence-corrected chi connectivity index (χ2v) is 3.86. The number of aromatic carboxylic acids is 1. The van der Waals surface area contributed by atoms with E-state index < -0.39 is 5.97 Å². The van der Waals surface area contributed by atoms with Gasteiger partial charge in [-0.05, 0) is 24.3 Å². The van der Waals surface area contributed by atoms with Crippen molar-refractivity contribution in [3.8, 4) is 0 Å². The molecule has 0 heterocycles. The molecule has 6 nitrogen and oxygen atoms in total. The number of aliphatic hydroxyl groups is 1. The van der Waals surface area contributed by atoms with Crippen LogP contribution in [0, 0.1) is 0 Å². The van der Waals surface area contributed by atoms with Gasteiger partial charge in [0.25, 0.3) is 0 Å². The van der Waals surface area contributed by atoms with E-state index in [1.807, 2.05) is 0 Å². The van der Waals surface area contributed by atoms with Crippen molar-refractivity contribution in [2.24, 2.45) is 0 Å². The number of carbonyl (C=O) groups is 2. The van der Waals surface area contributed by atoms with Crippen molar-refractivity contribution < 1.29 is 24.5 Å². The third kappa shape index (κ3) is 4.35. The molecular formula is C13H17NO5. The molecule has 0 bridgehead atoms. The number of carbonyl (C=O) groups excluding carboxylic acids is 1. The molecule has 0 unspecified atom stereocenters. The van der Waals surface area contributed by atoms with E-state index in [-0.39, 0.29) is 31.0 Å². The van der Waals surface area contributed by atoms with Crippen LogP contribution < -0.4 is 4.90 Å². The molecule has 0 saturated carbocycles. The highest BCUT2D eigenvalue weighted by Gasteiger charge is 2.15. The van der Waals surface area contributed by atoms with Gasteiger partial charge in [-0.3, -0.25) is 4.79 Å². The smallest absolute Gasteiger partial charge is 0.335 e. The fourth-order valence-electron chi connectivity index (χ4n) is 1.61. The van der Waals surface area contributed by atoms with Gasteiger partial charge in [0.2, 0.25) is 5.91 Å². The zero-order chi connectivity index (χ0) is 14.3. The van der Waals surface area contributed by atoms with E-state index in [9.17, 15) is 9.59 Å². The summed E-state index contributed by atoms with van der Waals surface area (Å²) >= 11 is 0. The average Bonchev–Trinajstić information content (AvgIpc) is 2.42. The van der Waals surface area contributed by atoms with Gasteiger partial charge in [0.05, 0.1) is 25.2 Å². The van der Waals surface area contributed by atoms with Gasteiger partial charge < -0.3 is 19.8 Å². The summed E-state index contributed by atoms with van der Waals surface area (Å²) in [6.07, 6.45) is 0.206. The van der Waals surface area contributed by atoms with Gasteiger partial charge in [-0.15, -0.1) is 0 Å². The molecular weight excluding hydrogens is 250 g/mol. The van der Waals surface area contributed by atoms with Crippen molar-refractivity contribution in [1.82, 2.24) is 0 Å². The first-order chi connectivity index (χ1) is 9.10. The normalized spacial score (nSPS) is 10.2. The topological polar surface area (TPSA) is 87.1 Å². The molecule has 0 atom stereocenters.